The lowest BCUT2D eigenvalue weighted by Crippen LogP contribution is -2.40. The summed E-state index contributed by atoms with van der Waals surface area (Å²) in [5, 5.41) is 11.9. The van der Waals surface area contributed by atoms with Crippen LogP contribution in [-0.2, 0) is 0 Å². The summed E-state index contributed by atoms with van der Waals surface area (Å²) in [4.78, 5) is 25.1. The number of urea groups is 1. The van der Waals surface area contributed by atoms with Crippen LogP contribution in [0.5, 0.6) is 0 Å². The third-order valence-corrected chi connectivity index (χ3v) is 3.49. The van der Waals surface area contributed by atoms with Gasteiger partial charge in [-0.3, -0.25) is 0 Å². The highest BCUT2D eigenvalue weighted by molar-refractivity contribution is 9.10. The first-order chi connectivity index (χ1) is 9.38. The van der Waals surface area contributed by atoms with Crippen molar-refractivity contribution in [2.24, 2.45) is 0 Å². The number of para-hydroxylation sites is 1. The Balaban J connectivity index is 3.03. The second-order valence-electron chi connectivity index (χ2n) is 4.68. The van der Waals surface area contributed by atoms with E-state index in [4.69, 9.17) is 5.11 Å². The topological polar surface area (TPSA) is 69.6 Å². The lowest BCUT2D eigenvalue weighted by Gasteiger charge is -2.27. The normalized spacial score (nSPS) is 10.4. The fourth-order valence-electron chi connectivity index (χ4n) is 1.84. The summed E-state index contributed by atoms with van der Waals surface area (Å²) in [5.41, 5.74) is 0.347. The summed E-state index contributed by atoms with van der Waals surface area (Å²) in [6.07, 6.45) is 0.841. The molecule has 0 spiro atoms. The molecule has 110 valence electrons. The molecule has 0 saturated carbocycles. The Hall–Kier alpha value is -1.56. The molecule has 0 radical (unpaired) electrons. The van der Waals surface area contributed by atoms with E-state index in [1.807, 2.05) is 20.8 Å². The van der Waals surface area contributed by atoms with Gasteiger partial charge < -0.3 is 15.3 Å². The summed E-state index contributed by atoms with van der Waals surface area (Å²) >= 11 is 3.27. The van der Waals surface area contributed by atoms with Gasteiger partial charge in [0.05, 0.1) is 11.3 Å². The molecule has 0 heterocycles. The van der Waals surface area contributed by atoms with Gasteiger partial charge in [-0.15, -0.1) is 0 Å². The molecule has 6 heteroatoms. The molecule has 1 aromatic carbocycles. The van der Waals surface area contributed by atoms with Crippen molar-refractivity contribution >= 4 is 33.6 Å². The zero-order valence-electron chi connectivity index (χ0n) is 11.8. The van der Waals surface area contributed by atoms with Crippen LogP contribution in [0.2, 0.25) is 0 Å². The lowest BCUT2D eigenvalue weighted by atomic mass is 10.2. The maximum atomic E-state index is 12.3. The predicted molar refractivity (Wildman–Crippen MR) is 82.3 cm³/mol. The number of nitrogens with one attached hydrogen (secondary N) is 1. The molecule has 0 aliphatic carbocycles. The SMILES string of the molecule is CCCN(C(=O)Nc1c(Br)cccc1C(=O)O)C(C)C. The van der Waals surface area contributed by atoms with Crippen molar-refractivity contribution in [1.29, 1.82) is 0 Å². The Morgan fingerprint density at radius 3 is 2.55 bits per heavy atom. The number of rotatable bonds is 5. The van der Waals surface area contributed by atoms with Gasteiger partial charge in [-0.25, -0.2) is 9.59 Å². The van der Waals surface area contributed by atoms with Gasteiger partial charge in [0.15, 0.2) is 0 Å². The number of carboxylic acid groups (broad SMARTS) is 1. The summed E-state index contributed by atoms with van der Waals surface area (Å²) in [5.74, 6) is -1.08. The maximum absolute atomic E-state index is 12.3. The van der Waals surface area contributed by atoms with Gasteiger partial charge in [-0.1, -0.05) is 13.0 Å². The number of halogens is 1. The van der Waals surface area contributed by atoms with Gasteiger partial charge in [-0.05, 0) is 48.3 Å². The smallest absolute Gasteiger partial charge is 0.337 e. The molecule has 20 heavy (non-hydrogen) atoms. The zero-order valence-corrected chi connectivity index (χ0v) is 13.4. The van der Waals surface area contributed by atoms with Crippen LogP contribution >= 0.6 is 15.9 Å². The predicted octanol–water partition coefficient (Wildman–Crippen LogP) is 3.80. The molecule has 1 rings (SSSR count). The van der Waals surface area contributed by atoms with Gasteiger partial charge >= 0.3 is 12.0 Å². The van der Waals surface area contributed by atoms with E-state index in [2.05, 4.69) is 21.2 Å². The van der Waals surface area contributed by atoms with E-state index in [9.17, 15) is 9.59 Å². The highest BCUT2D eigenvalue weighted by atomic mass is 79.9. The van der Waals surface area contributed by atoms with Gasteiger partial charge in [-0.2, -0.15) is 0 Å². The molecule has 0 unspecified atom stereocenters. The number of nitrogens with zero attached hydrogens (tertiary/aromatic N) is 1. The highest BCUT2D eigenvalue weighted by Crippen LogP contribution is 2.27. The number of amides is 2. The number of benzene rings is 1. The molecule has 0 aliphatic rings. The van der Waals surface area contributed by atoms with Gasteiger partial charge in [0.25, 0.3) is 0 Å². The third kappa shape index (κ3) is 3.96. The van der Waals surface area contributed by atoms with E-state index >= 15 is 0 Å². The fourth-order valence-corrected chi connectivity index (χ4v) is 2.31. The van der Waals surface area contributed by atoms with Crippen LogP contribution in [0, 0.1) is 0 Å². The van der Waals surface area contributed by atoms with Crippen LogP contribution in [0.15, 0.2) is 22.7 Å². The summed E-state index contributed by atoms with van der Waals surface area (Å²) in [6, 6.07) is 4.53. The van der Waals surface area contributed by atoms with E-state index in [1.54, 1.807) is 17.0 Å². The molecule has 5 nitrogen and oxygen atoms in total. The van der Waals surface area contributed by atoms with E-state index in [-0.39, 0.29) is 23.3 Å². The summed E-state index contributed by atoms with van der Waals surface area (Å²) in [7, 11) is 0. The Morgan fingerprint density at radius 1 is 1.40 bits per heavy atom. The molecule has 0 bridgehead atoms. The molecular weight excluding hydrogens is 324 g/mol. The number of anilines is 1. The molecule has 0 atom stereocenters. The van der Waals surface area contributed by atoms with E-state index in [0.717, 1.165) is 6.42 Å². The molecule has 2 amide bonds. The Labute approximate surface area is 127 Å². The van der Waals surface area contributed by atoms with Crippen LogP contribution in [0.3, 0.4) is 0 Å². The minimum atomic E-state index is -1.08. The monoisotopic (exact) mass is 342 g/mol. The van der Waals surface area contributed by atoms with Crippen molar-refractivity contribution in [3.8, 4) is 0 Å². The first-order valence-corrected chi connectivity index (χ1v) is 7.27. The number of hydrogen-bond donors (Lipinski definition) is 2. The number of carboxylic acids is 1. The fraction of sp³-hybridized carbons (Fsp3) is 0.429. The van der Waals surface area contributed by atoms with Crippen molar-refractivity contribution < 1.29 is 14.7 Å². The van der Waals surface area contributed by atoms with Crippen LogP contribution in [-0.4, -0.2) is 34.6 Å². The first kappa shape index (κ1) is 16.5. The van der Waals surface area contributed by atoms with Crippen molar-refractivity contribution in [3.05, 3.63) is 28.2 Å². The Morgan fingerprint density at radius 2 is 2.05 bits per heavy atom. The number of carbonyl (C=O) groups is 2. The largest absolute Gasteiger partial charge is 0.478 e. The molecule has 0 aliphatic heterocycles. The van der Waals surface area contributed by atoms with Crippen LogP contribution < -0.4 is 5.32 Å². The number of aromatic carboxylic acids is 1. The molecule has 1 aromatic rings. The second kappa shape index (κ2) is 7.28. The van der Waals surface area contributed by atoms with Crippen molar-refractivity contribution in [1.82, 2.24) is 4.90 Å². The summed E-state index contributed by atoms with van der Waals surface area (Å²) in [6.45, 7) is 6.46. The van der Waals surface area contributed by atoms with E-state index in [0.29, 0.717) is 11.0 Å². The highest BCUT2D eigenvalue weighted by Gasteiger charge is 2.20. The van der Waals surface area contributed by atoms with Gasteiger partial charge in [0.2, 0.25) is 0 Å². The second-order valence-corrected chi connectivity index (χ2v) is 5.54. The Kier molecular flexibility index (Phi) is 6.01. The van der Waals surface area contributed by atoms with Crippen molar-refractivity contribution in [2.75, 3.05) is 11.9 Å². The standard InChI is InChI=1S/C14H19BrN2O3/c1-4-8-17(9(2)3)14(20)16-12-10(13(18)19)6-5-7-11(12)15/h5-7,9H,4,8H2,1-3H3,(H,16,20)(H,18,19). The van der Waals surface area contributed by atoms with E-state index < -0.39 is 5.97 Å². The maximum Gasteiger partial charge on any atom is 0.337 e. The lowest BCUT2D eigenvalue weighted by molar-refractivity contribution is 0.0698. The van der Waals surface area contributed by atoms with Gasteiger partial charge in [0, 0.05) is 17.1 Å². The first-order valence-electron chi connectivity index (χ1n) is 6.47. The minimum Gasteiger partial charge on any atom is -0.478 e. The van der Waals surface area contributed by atoms with Gasteiger partial charge in [0.1, 0.15) is 0 Å². The number of hydrogen-bond acceptors (Lipinski definition) is 2. The zero-order chi connectivity index (χ0) is 15.3. The van der Waals surface area contributed by atoms with Crippen molar-refractivity contribution in [3.63, 3.8) is 0 Å². The summed E-state index contributed by atoms with van der Waals surface area (Å²) < 4.78 is 0.547. The van der Waals surface area contributed by atoms with Crippen LogP contribution in [0.1, 0.15) is 37.6 Å². The minimum absolute atomic E-state index is 0.0470. The van der Waals surface area contributed by atoms with Crippen molar-refractivity contribution in [2.45, 2.75) is 33.2 Å². The molecular formula is C14H19BrN2O3. The van der Waals surface area contributed by atoms with Crippen LogP contribution in [0.4, 0.5) is 10.5 Å². The number of carbonyl (C=O) groups excluding carboxylic acids is 1. The molecule has 0 aromatic heterocycles. The third-order valence-electron chi connectivity index (χ3n) is 2.82. The molecule has 0 saturated heterocycles. The van der Waals surface area contributed by atoms with Crippen LogP contribution in [0.25, 0.3) is 0 Å². The Bertz CT molecular complexity index is 503. The van der Waals surface area contributed by atoms with E-state index in [1.165, 1.54) is 6.07 Å². The molecule has 0 fully saturated rings. The quantitative estimate of drug-likeness (QED) is 0.854. The molecule has 2 N–H and O–H groups in total. The average Bonchev–Trinajstić information content (AvgIpc) is 2.37. The average molecular weight is 343 g/mol.